The van der Waals surface area contributed by atoms with Crippen molar-refractivity contribution in [3.05, 3.63) is 0 Å². The van der Waals surface area contributed by atoms with Crippen LogP contribution in [0.3, 0.4) is 0 Å². The van der Waals surface area contributed by atoms with Crippen LogP contribution >= 0.6 is 7.82 Å². The van der Waals surface area contributed by atoms with Crippen molar-refractivity contribution in [2.24, 2.45) is 5.73 Å². The van der Waals surface area contributed by atoms with E-state index in [0.29, 0.717) is 0 Å². The largest absolute Gasteiger partial charge is 0.469 e. The van der Waals surface area contributed by atoms with Crippen LogP contribution in [0.5, 0.6) is 0 Å². The summed E-state index contributed by atoms with van der Waals surface area (Å²) in [5.41, 5.74) is 5.05. The topological polar surface area (TPSA) is 171 Å². The van der Waals surface area contributed by atoms with Crippen molar-refractivity contribution < 1.29 is 39.0 Å². The van der Waals surface area contributed by atoms with Crippen molar-refractivity contribution in [3.8, 4) is 0 Å². The average molecular weight is 259 g/mol. The summed E-state index contributed by atoms with van der Waals surface area (Å²) in [7, 11) is -4.77. The Morgan fingerprint density at radius 2 is 1.75 bits per heavy atom. The number of carbonyl (C=O) groups is 1. The monoisotopic (exact) mass is 259 g/mol. The third-order valence-electron chi connectivity index (χ3n) is 1.71. The first kappa shape index (κ1) is 15.6. The molecule has 0 unspecified atom stereocenters. The zero-order valence-corrected chi connectivity index (χ0v) is 8.97. The molecule has 0 amide bonds. The Labute approximate surface area is 90.7 Å². The van der Waals surface area contributed by atoms with Crippen molar-refractivity contribution in [1.82, 2.24) is 0 Å². The maximum absolute atomic E-state index is 10.3. The van der Waals surface area contributed by atoms with Gasteiger partial charge in [0.05, 0.1) is 12.6 Å². The molecule has 0 saturated carbocycles. The molecule has 0 aliphatic rings. The van der Waals surface area contributed by atoms with Crippen molar-refractivity contribution >= 4 is 14.1 Å². The van der Waals surface area contributed by atoms with Crippen molar-refractivity contribution in [2.75, 3.05) is 6.61 Å². The van der Waals surface area contributed by atoms with Gasteiger partial charge < -0.3 is 35.6 Å². The molecule has 4 atom stereocenters. The highest BCUT2D eigenvalue weighted by Gasteiger charge is 2.30. The van der Waals surface area contributed by atoms with Gasteiger partial charge in [-0.15, -0.1) is 0 Å². The summed E-state index contributed by atoms with van der Waals surface area (Å²) in [5.74, 6) is 0. The minimum atomic E-state index is -4.77. The van der Waals surface area contributed by atoms with E-state index in [9.17, 15) is 19.6 Å². The molecule has 0 aromatic carbocycles. The van der Waals surface area contributed by atoms with Gasteiger partial charge in [0.15, 0.2) is 0 Å². The Bertz CT molecular complexity index is 267. The zero-order chi connectivity index (χ0) is 12.9. The number of hydrogen-bond donors (Lipinski definition) is 6. The molecule has 0 aromatic heterocycles. The quantitative estimate of drug-likeness (QED) is 0.202. The first-order chi connectivity index (χ1) is 7.19. The summed E-state index contributed by atoms with van der Waals surface area (Å²) in [6.07, 6.45) is -5.24. The van der Waals surface area contributed by atoms with E-state index in [1.54, 1.807) is 0 Å². The fourth-order valence-corrected chi connectivity index (χ4v) is 1.15. The highest BCUT2D eigenvalue weighted by Crippen LogP contribution is 2.35. The van der Waals surface area contributed by atoms with E-state index in [1.807, 2.05) is 0 Å². The van der Waals surface area contributed by atoms with Gasteiger partial charge in [0, 0.05) is 0 Å². The number of carbonyl (C=O) groups excluding carboxylic acids is 1. The third kappa shape index (κ3) is 5.64. The second-order valence-corrected chi connectivity index (χ2v) is 4.29. The van der Waals surface area contributed by atoms with Gasteiger partial charge in [-0.1, -0.05) is 0 Å². The minimum absolute atomic E-state index is 0.157. The van der Waals surface area contributed by atoms with Crippen LogP contribution in [0.4, 0.5) is 0 Å². The normalized spacial score (nSPS) is 19.9. The van der Waals surface area contributed by atoms with Gasteiger partial charge in [-0.05, 0) is 0 Å². The fourth-order valence-electron chi connectivity index (χ4n) is 0.808. The Kier molecular flexibility index (Phi) is 6.23. The van der Waals surface area contributed by atoms with Crippen LogP contribution in [0, 0.1) is 0 Å². The van der Waals surface area contributed by atoms with Crippen LogP contribution in [0.2, 0.25) is 0 Å². The maximum atomic E-state index is 10.3. The summed E-state index contributed by atoms with van der Waals surface area (Å²) in [5, 5.41) is 27.5. The molecule has 10 heteroatoms. The number of aldehydes is 1. The van der Waals surface area contributed by atoms with E-state index < -0.39 is 38.8 Å². The molecule has 0 fully saturated rings. The second kappa shape index (κ2) is 6.38. The summed E-state index contributed by atoms with van der Waals surface area (Å²) in [4.78, 5) is 26.7. The summed E-state index contributed by atoms with van der Waals surface area (Å²) < 4.78 is 14.1. The van der Waals surface area contributed by atoms with Crippen molar-refractivity contribution in [1.29, 1.82) is 0 Å². The second-order valence-electron chi connectivity index (χ2n) is 3.05. The molecule has 0 heterocycles. The molecular weight excluding hydrogens is 245 g/mol. The molecule has 0 radical (unpaired) electrons. The third-order valence-corrected chi connectivity index (χ3v) is 2.19. The van der Waals surface area contributed by atoms with E-state index >= 15 is 0 Å². The van der Waals surface area contributed by atoms with Gasteiger partial charge in [0.1, 0.15) is 24.6 Å². The zero-order valence-electron chi connectivity index (χ0n) is 8.08. The number of nitrogens with two attached hydrogens (primary N) is 1. The smallest absolute Gasteiger partial charge is 0.388 e. The lowest BCUT2D eigenvalue weighted by Gasteiger charge is -2.24. The van der Waals surface area contributed by atoms with Crippen LogP contribution in [0.15, 0.2) is 0 Å². The lowest BCUT2D eigenvalue weighted by atomic mass is 10.0. The van der Waals surface area contributed by atoms with Crippen LogP contribution in [0.25, 0.3) is 0 Å². The predicted molar refractivity (Wildman–Crippen MR) is 50.1 cm³/mol. The SMILES string of the molecule is N[C@H](C=O)[C@H](O)[C@@H](O)[C@H](O)COP(=O)(O)O. The number of phosphoric ester groups is 1. The first-order valence-corrected chi connectivity index (χ1v) is 5.67. The van der Waals surface area contributed by atoms with Gasteiger partial charge in [-0.2, -0.15) is 0 Å². The predicted octanol–water partition coefficient (Wildman–Crippen LogP) is -3.30. The molecule has 0 bridgehead atoms. The Balaban J connectivity index is 4.22. The van der Waals surface area contributed by atoms with Crippen LogP contribution in [0.1, 0.15) is 0 Å². The molecule has 7 N–H and O–H groups in total. The molecule has 0 aliphatic heterocycles. The Morgan fingerprint density at radius 1 is 1.25 bits per heavy atom. The Hall–Kier alpha value is -0.380. The number of aliphatic hydroxyl groups excluding tert-OH is 3. The van der Waals surface area contributed by atoms with Gasteiger partial charge in [0.2, 0.25) is 0 Å². The van der Waals surface area contributed by atoms with E-state index in [1.165, 1.54) is 0 Å². The van der Waals surface area contributed by atoms with Gasteiger partial charge in [0.25, 0.3) is 0 Å². The van der Waals surface area contributed by atoms with Crippen molar-refractivity contribution in [2.45, 2.75) is 24.4 Å². The van der Waals surface area contributed by atoms with Crippen LogP contribution < -0.4 is 5.73 Å². The first-order valence-electron chi connectivity index (χ1n) is 4.14. The molecule has 9 nitrogen and oxygen atoms in total. The summed E-state index contributed by atoms with van der Waals surface area (Å²) in [6.45, 7) is -0.909. The van der Waals surface area contributed by atoms with Crippen LogP contribution in [-0.2, 0) is 13.9 Å². The van der Waals surface area contributed by atoms with Gasteiger partial charge in [-0.25, -0.2) is 4.57 Å². The fraction of sp³-hybridized carbons (Fsp3) is 0.833. The lowest BCUT2D eigenvalue weighted by Crippen LogP contribution is -2.50. The molecule has 0 aliphatic carbocycles. The van der Waals surface area contributed by atoms with E-state index in [-0.39, 0.29) is 6.29 Å². The van der Waals surface area contributed by atoms with Gasteiger partial charge in [-0.3, -0.25) is 4.52 Å². The molecule has 0 saturated heterocycles. The summed E-state index contributed by atoms with van der Waals surface area (Å²) in [6, 6.07) is -1.42. The molecular formula is C6H14NO8P. The Morgan fingerprint density at radius 3 is 2.12 bits per heavy atom. The highest BCUT2D eigenvalue weighted by atomic mass is 31.2. The summed E-state index contributed by atoms with van der Waals surface area (Å²) >= 11 is 0. The number of rotatable bonds is 7. The molecule has 0 spiro atoms. The number of hydrogen-bond acceptors (Lipinski definition) is 7. The maximum Gasteiger partial charge on any atom is 0.469 e. The number of aliphatic hydroxyl groups is 3. The van der Waals surface area contributed by atoms with Crippen molar-refractivity contribution in [3.63, 3.8) is 0 Å². The van der Waals surface area contributed by atoms with E-state index in [2.05, 4.69) is 4.52 Å². The van der Waals surface area contributed by atoms with E-state index in [4.69, 9.17) is 20.6 Å². The minimum Gasteiger partial charge on any atom is -0.388 e. The highest BCUT2D eigenvalue weighted by molar-refractivity contribution is 7.46. The molecule has 0 aromatic rings. The average Bonchev–Trinajstić information content (AvgIpc) is 2.21. The molecule has 0 rings (SSSR count). The molecule has 16 heavy (non-hydrogen) atoms. The molecule has 96 valence electrons. The van der Waals surface area contributed by atoms with Gasteiger partial charge >= 0.3 is 7.82 Å². The van der Waals surface area contributed by atoms with E-state index in [0.717, 1.165) is 0 Å². The number of phosphoric acid groups is 1. The lowest BCUT2D eigenvalue weighted by molar-refractivity contribution is -0.118. The standard InChI is InChI=1S/C6H14NO8P/c7-3(1-8)5(10)6(11)4(9)2-15-16(12,13)14/h1,3-6,9-11H,2,7H2,(H2,12,13,14)/t3-,4-,5+,6+/m1/s1. The van der Waals surface area contributed by atoms with Crippen LogP contribution in [-0.4, -0.2) is 62.4 Å².